The molecule has 1 N–H and O–H groups in total. The smallest absolute Gasteiger partial charge is 0.227 e. The molecule has 4 rings (SSSR count). The normalized spacial score (nSPS) is 13.4. The molecule has 3 aromatic rings. The van der Waals surface area contributed by atoms with Gasteiger partial charge in [0.05, 0.1) is 5.69 Å². The minimum Gasteiger partial charge on any atom is -0.347 e. The van der Waals surface area contributed by atoms with E-state index in [0.29, 0.717) is 13.0 Å². The molecule has 1 amide bonds. The number of amides is 1. The monoisotopic (exact) mass is 340 g/mol. The highest BCUT2D eigenvalue weighted by Crippen LogP contribution is 2.34. The van der Waals surface area contributed by atoms with Gasteiger partial charge >= 0.3 is 0 Å². The van der Waals surface area contributed by atoms with E-state index in [1.165, 1.54) is 22.0 Å². The Morgan fingerprint density at radius 3 is 3.08 bits per heavy atom. The summed E-state index contributed by atoms with van der Waals surface area (Å²) in [6, 6.07) is 8.39. The quantitative estimate of drug-likeness (QED) is 0.791. The Morgan fingerprint density at radius 1 is 1.33 bits per heavy atom. The molecule has 0 radical (unpaired) electrons. The van der Waals surface area contributed by atoms with E-state index in [0.717, 1.165) is 23.0 Å². The van der Waals surface area contributed by atoms with Crippen molar-refractivity contribution in [3.63, 3.8) is 0 Å². The number of benzene rings is 1. The van der Waals surface area contributed by atoms with Gasteiger partial charge in [-0.05, 0) is 24.6 Å². The van der Waals surface area contributed by atoms with Gasteiger partial charge < -0.3 is 9.88 Å². The third-order valence-electron chi connectivity index (χ3n) is 4.58. The van der Waals surface area contributed by atoms with E-state index >= 15 is 0 Å². The van der Waals surface area contributed by atoms with E-state index in [4.69, 9.17) is 0 Å². The summed E-state index contributed by atoms with van der Waals surface area (Å²) in [5, 5.41) is 8.78. The van der Waals surface area contributed by atoms with E-state index in [2.05, 4.69) is 52.4 Å². The van der Waals surface area contributed by atoms with E-state index < -0.39 is 0 Å². The highest BCUT2D eigenvalue weighted by atomic mass is 32.2. The van der Waals surface area contributed by atoms with Crippen LogP contribution in [0.25, 0.3) is 10.9 Å². The first-order valence-corrected chi connectivity index (χ1v) is 9.26. The summed E-state index contributed by atoms with van der Waals surface area (Å²) < 4.78 is 3.93. The summed E-state index contributed by atoms with van der Waals surface area (Å²) in [6.45, 7) is 2.79. The third kappa shape index (κ3) is 2.60. The standard InChI is InChI=1S/C18H20N4OS/c1-12-4-3-5-16-13(12)6-8-22(16)9-7-17(23)19-18-14-10-24-11-15(14)20-21(18)2/h3-6,8H,7,9-11H2,1-2H3,(H,19,23). The van der Waals surface area contributed by atoms with Crippen molar-refractivity contribution < 1.29 is 4.79 Å². The van der Waals surface area contributed by atoms with Crippen LogP contribution in [0.2, 0.25) is 0 Å². The van der Waals surface area contributed by atoms with Crippen LogP contribution in [-0.4, -0.2) is 20.3 Å². The minimum absolute atomic E-state index is 0.0344. The molecule has 0 aliphatic carbocycles. The molecule has 0 bridgehead atoms. The first-order chi connectivity index (χ1) is 11.6. The number of carbonyl (C=O) groups excluding carboxylic acids is 1. The van der Waals surface area contributed by atoms with Crippen molar-refractivity contribution in [1.82, 2.24) is 14.3 Å². The maximum absolute atomic E-state index is 12.4. The number of fused-ring (bicyclic) bond motifs is 2. The number of anilines is 1. The molecule has 0 unspecified atom stereocenters. The Morgan fingerprint density at radius 2 is 2.21 bits per heavy atom. The fourth-order valence-electron chi connectivity index (χ4n) is 3.29. The van der Waals surface area contributed by atoms with E-state index in [9.17, 15) is 4.79 Å². The lowest BCUT2D eigenvalue weighted by Crippen LogP contribution is -2.17. The van der Waals surface area contributed by atoms with Gasteiger partial charge in [-0.3, -0.25) is 9.48 Å². The highest BCUT2D eigenvalue weighted by molar-refractivity contribution is 7.98. The van der Waals surface area contributed by atoms with Gasteiger partial charge in [0.1, 0.15) is 5.82 Å². The van der Waals surface area contributed by atoms with E-state index in [1.807, 2.05) is 18.8 Å². The van der Waals surface area contributed by atoms with Crippen LogP contribution >= 0.6 is 11.8 Å². The summed E-state index contributed by atoms with van der Waals surface area (Å²) in [5.74, 6) is 2.76. The Hall–Kier alpha value is -2.21. The van der Waals surface area contributed by atoms with Crippen molar-refractivity contribution in [2.45, 2.75) is 31.4 Å². The van der Waals surface area contributed by atoms with Gasteiger partial charge in [0.2, 0.25) is 5.91 Å². The first-order valence-electron chi connectivity index (χ1n) is 8.10. The third-order valence-corrected chi connectivity index (χ3v) is 5.55. The summed E-state index contributed by atoms with van der Waals surface area (Å²) >= 11 is 1.84. The summed E-state index contributed by atoms with van der Waals surface area (Å²) in [5.41, 5.74) is 4.72. The SMILES string of the molecule is Cc1cccc2c1ccn2CCC(=O)Nc1c2c(nn1C)CSC2. The number of aromatic nitrogens is 3. The summed E-state index contributed by atoms with van der Waals surface area (Å²) in [4.78, 5) is 12.4. The van der Waals surface area contributed by atoms with Crippen molar-refractivity contribution in [3.8, 4) is 0 Å². The molecule has 5 nitrogen and oxygen atoms in total. The van der Waals surface area contributed by atoms with Crippen molar-refractivity contribution in [2.75, 3.05) is 5.32 Å². The van der Waals surface area contributed by atoms with Crippen LogP contribution in [0.4, 0.5) is 5.82 Å². The fourth-order valence-corrected chi connectivity index (χ4v) is 4.32. The minimum atomic E-state index is 0.0344. The number of aryl methyl sites for hydroxylation is 3. The molecule has 0 saturated heterocycles. The van der Waals surface area contributed by atoms with Crippen molar-refractivity contribution in [3.05, 3.63) is 47.3 Å². The number of thioether (sulfide) groups is 1. The van der Waals surface area contributed by atoms with Gasteiger partial charge in [0, 0.05) is 54.2 Å². The predicted molar refractivity (Wildman–Crippen MR) is 98.1 cm³/mol. The lowest BCUT2D eigenvalue weighted by Gasteiger charge is -2.09. The Bertz CT molecular complexity index is 925. The van der Waals surface area contributed by atoms with Crippen LogP contribution in [0.3, 0.4) is 0 Å². The summed E-state index contributed by atoms with van der Waals surface area (Å²) in [7, 11) is 1.89. The van der Waals surface area contributed by atoms with E-state index in [-0.39, 0.29) is 5.91 Å². The van der Waals surface area contributed by atoms with Gasteiger partial charge in [-0.2, -0.15) is 16.9 Å². The molecular formula is C18H20N4OS. The molecule has 1 aliphatic rings. The van der Waals surface area contributed by atoms with Crippen LogP contribution in [0, 0.1) is 6.92 Å². The van der Waals surface area contributed by atoms with Crippen LogP contribution in [0.5, 0.6) is 0 Å². The highest BCUT2D eigenvalue weighted by Gasteiger charge is 2.22. The lowest BCUT2D eigenvalue weighted by molar-refractivity contribution is -0.116. The number of rotatable bonds is 4. The maximum Gasteiger partial charge on any atom is 0.227 e. The topological polar surface area (TPSA) is 51.9 Å². The van der Waals surface area contributed by atoms with Crippen molar-refractivity contribution >= 4 is 34.4 Å². The average molecular weight is 340 g/mol. The molecule has 0 atom stereocenters. The first kappa shape index (κ1) is 15.3. The largest absolute Gasteiger partial charge is 0.347 e. The van der Waals surface area contributed by atoms with Crippen molar-refractivity contribution in [1.29, 1.82) is 0 Å². The van der Waals surface area contributed by atoms with Gasteiger partial charge in [-0.25, -0.2) is 0 Å². The molecule has 2 aromatic heterocycles. The van der Waals surface area contributed by atoms with Gasteiger partial charge in [0.15, 0.2) is 0 Å². The van der Waals surface area contributed by atoms with Gasteiger partial charge in [-0.1, -0.05) is 12.1 Å². The molecule has 1 aliphatic heterocycles. The zero-order valence-electron chi connectivity index (χ0n) is 13.9. The number of nitrogens with zero attached hydrogens (tertiary/aromatic N) is 3. The molecule has 0 fully saturated rings. The number of nitrogens with one attached hydrogen (secondary N) is 1. The summed E-state index contributed by atoms with van der Waals surface area (Å²) in [6.07, 6.45) is 2.51. The molecular weight excluding hydrogens is 320 g/mol. The zero-order valence-corrected chi connectivity index (χ0v) is 14.7. The number of hydrogen-bond donors (Lipinski definition) is 1. The Labute approximate surface area is 145 Å². The molecule has 0 saturated carbocycles. The van der Waals surface area contributed by atoms with Crippen molar-refractivity contribution in [2.24, 2.45) is 7.05 Å². The van der Waals surface area contributed by atoms with E-state index in [1.54, 1.807) is 4.68 Å². The second-order valence-electron chi connectivity index (χ2n) is 6.21. The number of hydrogen-bond acceptors (Lipinski definition) is 3. The molecule has 0 spiro atoms. The molecule has 1 aromatic carbocycles. The van der Waals surface area contributed by atoms with Gasteiger partial charge in [-0.15, -0.1) is 0 Å². The molecule has 6 heteroatoms. The average Bonchev–Trinajstić information content (AvgIpc) is 3.23. The van der Waals surface area contributed by atoms with Crippen LogP contribution in [0.15, 0.2) is 30.5 Å². The zero-order chi connectivity index (χ0) is 16.7. The predicted octanol–water partition coefficient (Wildman–Crippen LogP) is 3.46. The second-order valence-corrected chi connectivity index (χ2v) is 7.19. The lowest BCUT2D eigenvalue weighted by atomic mass is 10.1. The molecule has 3 heterocycles. The maximum atomic E-state index is 12.4. The fraction of sp³-hybridized carbons (Fsp3) is 0.333. The van der Waals surface area contributed by atoms with Crippen LogP contribution < -0.4 is 5.32 Å². The Balaban J connectivity index is 1.46. The molecule has 24 heavy (non-hydrogen) atoms. The Kier molecular flexibility index (Phi) is 3.84. The number of carbonyl (C=O) groups is 1. The van der Waals surface area contributed by atoms with Crippen LogP contribution in [0.1, 0.15) is 23.2 Å². The van der Waals surface area contributed by atoms with Crippen LogP contribution in [-0.2, 0) is 29.9 Å². The van der Waals surface area contributed by atoms with Gasteiger partial charge in [0.25, 0.3) is 0 Å². The molecule has 124 valence electrons. The second kappa shape index (κ2) is 6.02.